The minimum absolute atomic E-state index is 0.0406. The van der Waals surface area contributed by atoms with Gasteiger partial charge in [-0.1, -0.05) is 18.6 Å². The van der Waals surface area contributed by atoms with Gasteiger partial charge in [-0.05, 0) is 12.8 Å². The zero-order valence-electron chi connectivity index (χ0n) is 8.76. The highest BCUT2D eigenvalue weighted by atomic mass is 16.6. The number of rotatable bonds is 3. The molecule has 1 fully saturated rings. The smallest absolute Gasteiger partial charge is 0.411 e. The van der Waals surface area contributed by atoms with E-state index in [2.05, 4.69) is 12.5 Å². The second kappa shape index (κ2) is 5.21. The number of likely N-dealkylation sites (tertiary alicyclic amines) is 1. The molecule has 0 spiro atoms. The molecule has 1 aliphatic rings. The Labute approximate surface area is 93.7 Å². The Balaban J connectivity index is 2.78. The highest BCUT2D eigenvalue weighted by Gasteiger charge is 2.41. The number of carbonyl (C=O) groups is 2. The zero-order chi connectivity index (χ0) is 12.1. The third-order valence-corrected chi connectivity index (χ3v) is 2.40. The summed E-state index contributed by atoms with van der Waals surface area (Å²) in [5.74, 6) is 1.33. The van der Waals surface area contributed by atoms with Crippen molar-refractivity contribution < 1.29 is 19.4 Å². The Kier molecular flexibility index (Phi) is 3.95. The molecule has 0 saturated carbocycles. The fourth-order valence-corrected chi connectivity index (χ4v) is 1.68. The normalized spacial score (nSPS) is 23.6. The summed E-state index contributed by atoms with van der Waals surface area (Å²) in [6.07, 6.45) is 6.79. The van der Waals surface area contributed by atoms with Gasteiger partial charge in [0.1, 0.15) is 12.6 Å². The Morgan fingerprint density at radius 2 is 2.31 bits per heavy atom. The van der Waals surface area contributed by atoms with Gasteiger partial charge in [-0.3, -0.25) is 4.90 Å². The Morgan fingerprint density at radius 3 is 2.81 bits per heavy atom. The summed E-state index contributed by atoms with van der Waals surface area (Å²) in [5, 5.41) is 8.93. The molecule has 1 rings (SSSR count). The van der Waals surface area contributed by atoms with Crippen LogP contribution in [0.5, 0.6) is 0 Å². The van der Waals surface area contributed by atoms with E-state index in [1.807, 2.05) is 0 Å². The van der Waals surface area contributed by atoms with Crippen LogP contribution in [0.2, 0.25) is 0 Å². The number of hydrogen-bond acceptors (Lipinski definition) is 3. The molecule has 5 nitrogen and oxygen atoms in total. The molecular formula is C11H13NO4. The van der Waals surface area contributed by atoms with Crippen LogP contribution in [0.25, 0.3) is 0 Å². The number of amides is 1. The van der Waals surface area contributed by atoms with Gasteiger partial charge >= 0.3 is 12.1 Å². The molecule has 1 amide bonds. The van der Waals surface area contributed by atoms with Crippen LogP contribution in [0, 0.1) is 12.3 Å². The number of ether oxygens (including phenoxy) is 1. The average Bonchev–Trinajstić information content (AvgIpc) is 2.69. The molecule has 2 atom stereocenters. The maximum absolute atomic E-state index is 11.6. The second-order valence-corrected chi connectivity index (χ2v) is 3.39. The third-order valence-electron chi connectivity index (χ3n) is 2.40. The van der Waals surface area contributed by atoms with Crippen molar-refractivity contribution >= 4 is 12.1 Å². The lowest BCUT2D eigenvalue weighted by molar-refractivity contribution is -0.141. The van der Waals surface area contributed by atoms with Gasteiger partial charge in [-0.2, -0.15) is 0 Å². The van der Waals surface area contributed by atoms with E-state index in [9.17, 15) is 9.59 Å². The molecule has 86 valence electrons. The van der Waals surface area contributed by atoms with Crippen LogP contribution in [0.1, 0.15) is 12.8 Å². The van der Waals surface area contributed by atoms with Crippen LogP contribution < -0.4 is 0 Å². The molecule has 1 heterocycles. The quantitative estimate of drug-likeness (QED) is 0.569. The van der Waals surface area contributed by atoms with Gasteiger partial charge in [0.05, 0.1) is 6.04 Å². The van der Waals surface area contributed by atoms with Crippen molar-refractivity contribution in [3.63, 3.8) is 0 Å². The maximum atomic E-state index is 11.6. The minimum Gasteiger partial charge on any atom is -0.480 e. The van der Waals surface area contributed by atoms with Crippen LogP contribution in [0.15, 0.2) is 12.7 Å². The molecule has 0 aliphatic carbocycles. The Bertz CT molecular complexity index is 344. The summed E-state index contributed by atoms with van der Waals surface area (Å²) < 4.78 is 4.80. The topological polar surface area (TPSA) is 66.8 Å². The molecule has 0 unspecified atom stereocenters. The number of carboxylic acids is 1. The first-order chi connectivity index (χ1) is 7.61. The van der Waals surface area contributed by atoms with Crippen molar-refractivity contribution in [3.8, 4) is 12.3 Å². The predicted octanol–water partition coefficient (Wildman–Crippen LogP) is 0.860. The lowest BCUT2D eigenvalue weighted by Gasteiger charge is -2.24. The highest BCUT2D eigenvalue weighted by molar-refractivity contribution is 5.81. The first kappa shape index (κ1) is 12.1. The number of carboxylic acid groups (broad SMARTS) is 1. The van der Waals surface area contributed by atoms with Gasteiger partial charge in [0.25, 0.3) is 0 Å². The maximum Gasteiger partial charge on any atom is 0.411 e. The van der Waals surface area contributed by atoms with Crippen molar-refractivity contribution in [1.29, 1.82) is 0 Å². The molecule has 0 bridgehead atoms. The van der Waals surface area contributed by atoms with Crippen molar-refractivity contribution in [1.82, 2.24) is 4.90 Å². The van der Waals surface area contributed by atoms with E-state index >= 15 is 0 Å². The van der Waals surface area contributed by atoms with Crippen molar-refractivity contribution in [2.75, 3.05) is 6.61 Å². The average molecular weight is 223 g/mol. The Hall–Kier alpha value is -1.96. The first-order valence-corrected chi connectivity index (χ1v) is 4.86. The molecule has 16 heavy (non-hydrogen) atoms. The summed E-state index contributed by atoms with van der Waals surface area (Å²) in [6, 6.07) is -1.39. The van der Waals surface area contributed by atoms with Crippen LogP contribution in [-0.2, 0) is 9.53 Å². The zero-order valence-corrected chi connectivity index (χ0v) is 8.76. The SMILES string of the molecule is C#C[C@H]1CC[C@@H](C(=O)O)N1C(=O)OCC=C. The summed E-state index contributed by atoms with van der Waals surface area (Å²) in [5.41, 5.74) is 0. The number of terminal acetylenes is 1. The number of carbonyl (C=O) groups excluding carboxylic acids is 1. The largest absolute Gasteiger partial charge is 0.480 e. The van der Waals surface area contributed by atoms with Crippen LogP contribution in [0.3, 0.4) is 0 Å². The van der Waals surface area contributed by atoms with E-state index in [0.29, 0.717) is 12.8 Å². The molecule has 0 aromatic rings. The molecule has 0 aromatic heterocycles. The summed E-state index contributed by atoms with van der Waals surface area (Å²) in [4.78, 5) is 23.6. The molecule has 5 heteroatoms. The van der Waals surface area contributed by atoms with Gasteiger partial charge < -0.3 is 9.84 Å². The molecule has 1 N–H and O–H groups in total. The minimum atomic E-state index is -1.06. The van der Waals surface area contributed by atoms with Crippen LogP contribution >= 0.6 is 0 Å². The Morgan fingerprint density at radius 1 is 1.62 bits per heavy atom. The monoisotopic (exact) mass is 223 g/mol. The first-order valence-electron chi connectivity index (χ1n) is 4.86. The van der Waals surface area contributed by atoms with Gasteiger partial charge in [-0.15, -0.1) is 6.42 Å². The fourth-order valence-electron chi connectivity index (χ4n) is 1.68. The van der Waals surface area contributed by atoms with Gasteiger partial charge in [0, 0.05) is 0 Å². The summed E-state index contributed by atoms with van der Waals surface area (Å²) >= 11 is 0. The van der Waals surface area contributed by atoms with Crippen LogP contribution in [-0.4, -0.2) is 40.8 Å². The van der Waals surface area contributed by atoms with Crippen LogP contribution in [0.4, 0.5) is 4.79 Å². The number of aliphatic carboxylic acids is 1. The lowest BCUT2D eigenvalue weighted by Crippen LogP contribution is -2.44. The van der Waals surface area contributed by atoms with E-state index in [1.54, 1.807) is 0 Å². The van der Waals surface area contributed by atoms with Gasteiger partial charge in [0.2, 0.25) is 0 Å². The van der Waals surface area contributed by atoms with E-state index < -0.39 is 24.1 Å². The second-order valence-electron chi connectivity index (χ2n) is 3.39. The summed E-state index contributed by atoms with van der Waals surface area (Å²) in [6.45, 7) is 3.44. The molecule has 1 saturated heterocycles. The van der Waals surface area contributed by atoms with E-state index in [1.165, 1.54) is 6.08 Å². The van der Waals surface area contributed by atoms with Crippen molar-refractivity contribution in [2.45, 2.75) is 24.9 Å². The summed E-state index contributed by atoms with van der Waals surface area (Å²) in [7, 11) is 0. The molecular weight excluding hydrogens is 210 g/mol. The van der Waals surface area contributed by atoms with E-state index in [-0.39, 0.29) is 6.61 Å². The fraction of sp³-hybridized carbons (Fsp3) is 0.455. The standard InChI is InChI=1S/C11H13NO4/c1-3-7-16-11(15)12-8(4-2)5-6-9(12)10(13)14/h2-3,8-9H,1,5-7H2,(H,13,14)/t8-,9-/m0/s1. The molecule has 0 radical (unpaired) electrons. The van der Waals surface area contributed by atoms with E-state index in [4.69, 9.17) is 16.3 Å². The number of nitrogens with zero attached hydrogens (tertiary/aromatic N) is 1. The predicted molar refractivity (Wildman–Crippen MR) is 56.7 cm³/mol. The lowest BCUT2D eigenvalue weighted by atomic mass is 10.2. The highest BCUT2D eigenvalue weighted by Crippen LogP contribution is 2.24. The van der Waals surface area contributed by atoms with Crippen molar-refractivity contribution in [2.24, 2.45) is 0 Å². The molecule has 0 aromatic carbocycles. The van der Waals surface area contributed by atoms with Gasteiger partial charge in [0.15, 0.2) is 0 Å². The number of hydrogen-bond donors (Lipinski definition) is 1. The van der Waals surface area contributed by atoms with E-state index in [0.717, 1.165) is 4.90 Å². The van der Waals surface area contributed by atoms with Gasteiger partial charge in [-0.25, -0.2) is 9.59 Å². The molecule has 1 aliphatic heterocycles. The third kappa shape index (κ3) is 2.34. The van der Waals surface area contributed by atoms with Crippen molar-refractivity contribution in [3.05, 3.63) is 12.7 Å².